The number of likely N-dealkylation sites (tertiary alicyclic amines) is 1. The second-order valence-corrected chi connectivity index (χ2v) is 7.39. The third-order valence-corrected chi connectivity index (χ3v) is 5.55. The molecule has 2 aliphatic heterocycles. The first-order valence-corrected chi connectivity index (χ1v) is 9.59. The van der Waals surface area contributed by atoms with Crippen LogP contribution in [0.15, 0.2) is 54.6 Å². The van der Waals surface area contributed by atoms with Gasteiger partial charge in [0, 0.05) is 18.7 Å². The highest BCUT2D eigenvalue weighted by Gasteiger charge is 2.26. The summed E-state index contributed by atoms with van der Waals surface area (Å²) < 4.78 is 5.45. The summed E-state index contributed by atoms with van der Waals surface area (Å²) in [4.78, 5) is 16.6. The highest BCUT2D eigenvalue weighted by atomic mass is 16.6. The van der Waals surface area contributed by atoms with Crippen molar-refractivity contribution in [3.8, 4) is 5.75 Å². The molecule has 0 saturated carbocycles. The van der Waals surface area contributed by atoms with E-state index in [0.29, 0.717) is 18.2 Å². The minimum absolute atomic E-state index is 0.204. The van der Waals surface area contributed by atoms with Crippen LogP contribution >= 0.6 is 0 Å². The summed E-state index contributed by atoms with van der Waals surface area (Å²) in [5.41, 5.74) is 2.49. The normalized spacial score (nSPS) is 18.5. The molecule has 2 aromatic rings. The van der Waals surface area contributed by atoms with E-state index in [2.05, 4.69) is 35.2 Å². The molecule has 0 unspecified atom stereocenters. The van der Waals surface area contributed by atoms with Crippen LogP contribution in [0.1, 0.15) is 30.4 Å². The van der Waals surface area contributed by atoms with E-state index < -0.39 is 0 Å². The zero-order chi connectivity index (χ0) is 17.8. The molecular weight excluding hydrogens is 324 g/mol. The first kappa shape index (κ1) is 17.1. The van der Waals surface area contributed by atoms with Gasteiger partial charge in [-0.1, -0.05) is 48.5 Å². The van der Waals surface area contributed by atoms with Crippen LogP contribution in [0.4, 0.5) is 4.79 Å². The Morgan fingerprint density at radius 3 is 2.50 bits per heavy atom. The molecule has 4 rings (SSSR count). The van der Waals surface area contributed by atoms with Crippen molar-refractivity contribution in [2.75, 3.05) is 19.6 Å². The van der Waals surface area contributed by atoms with Gasteiger partial charge in [0.2, 0.25) is 0 Å². The molecule has 0 atom stereocenters. The van der Waals surface area contributed by atoms with Gasteiger partial charge in [0.1, 0.15) is 5.75 Å². The average molecular weight is 350 g/mol. The van der Waals surface area contributed by atoms with Crippen LogP contribution in [-0.4, -0.2) is 35.5 Å². The van der Waals surface area contributed by atoms with Gasteiger partial charge in [0.05, 0.1) is 6.54 Å². The standard InChI is InChI=1S/C22H26N2O2/c25-22-24(17-20-8-4-5-9-21(20)26-22)15-12-18-10-13-23(14-11-18)16-19-6-2-1-3-7-19/h1-9,18H,10-17H2. The fourth-order valence-corrected chi connectivity index (χ4v) is 3.95. The second-order valence-electron chi connectivity index (χ2n) is 7.39. The molecule has 0 N–H and O–H groups in total. The fourth-order valence-electron chi connectivity index (χ4n) is 3.95. The molecule has 2 heterocycles. The second kappa shape index (κ2) is 7.92. The number of carbonyl (C=O) groups excluding carboxylic acids is 1. The molecule has 0 aromatic heterocycles. The minimum atomic E-state index is -0.204. The monoisotopic (exact) mass is 350 g/mol. The van der Waals surface area contributed by atoms with Crippen LogP contribution in [0.25, 0.3) is 0 Å². The number of rotatable bonds is 5. The van der Waals surface area contributed by atoms with E-state index in [9.17, 15) is 4.79 Å². The third-order valence-electron chi connectivity index (χ3n) is 5.55. The van der Waals surface area contributed by atoms with Crippen LogP contribution in [0, 0.1) is 5.92 Å². The van der Waals surface area contributed by atoms with E-state index in [1.807, 2.05) is 29.2 Å². The van der Waals surface area contributed by atoms with Gasteiger partial charge in [-0.3, -0.25) is 4.90 Å². The number of hydrogen-bond donors (Lipinski definition) is 0. The first-order valence-electron chi connectivity index (χ1n) is 9.59. The summed E-state index contributed by atoms with van der Waals surface area (Å²) in [5.74, 6) is 1.41. The van der Waals surface area contributed by atoms with E-state index >= 15 is 0 Å². The predicted molar refractivity (Wildman–Crippen MR) is 102 cm³/mol. The Bertz CT molecular complexity index is 739. The number of nitrogens with zero attached hydrogens (tertiary/aromatic N) is 2. The van der Waals surface area contributed by atoms with Gasteiger partial charge in [-0.15, -0.1) is 0 Å². The molecule has 2 aromatic carbocycles. The minimum Gasteiger partial charge on any atom is -0.410 e. The summed E-state index contributed by atoms with van der Waals surface area (Å²) in [7, 11) is 0. The van der Waals surface area contributed by atoms with Crippen LogP contribution in [0.3, 0.4) is 0 Å². The molecule has 0 radical (unpaired) electrons. The van der Waals surface area contributed by atoms with Gasteiger partial charge in [-0.25, -0.2) is 4.79 Å². The predicted octanol–water partition coefficient (Wildman–Crippen LogP) is 4.30. The van der Waals surface area contributed by atoms with Gasteiger partial charge in [-0.2, -0.15) is 0 Å². The lowest BCUT2D eigenvalue weighted by atomic mass is 9.93. The van der Waals surface area contributed by atoms with E-state index in [1.165, 1.54) is 18.4 Å². The highest BCUT2D eigenvalue weighted by molar-refractivity contribution is 5.73. The van der Waals surface area contributed by atoms with Gasteiger partial charge in [0.25, 0.3) is 0 Å². The van der Waals surface area contributed by atoms with Crippen LogP contribution in [0.5, 0.6) is 5.75 Å². The van der Waals surface area contributed by atoms with Gasteiger partial charge < -0.3 is 9.64 Å². The fraction of sp³-hybridized carbons (Fsp3) is 0.409. The lowest BCUT2D eigenvalue weighted by molar-refractivity contribution is 0.125. The van der Waals surface area contributed by atoms with Gasteiger partial charge >= 0.3 is 6.09 Å². The Labute approximate surface area is 155 Å². The van der Waals surface area contributed by atoms with Crippen molar-refractivity contribution in [1.82, 2.24) is 9.80 Å². The SMILES string of the molecule is O=C1Oc2ccccc2CN1CCC1CCN(Cc2ccccc2)CC1. The summed E-state index contributed by atoms with van der Waals surface area (Å²) in [5, 5.41) is 0. The van der Waals surface area contributed by atoms with Crippen molar-refractivity contribution in [3.05, 3.63) is 65.7 Å². The molecule has 26 heavy (non-hydrogen) atoms. The number of fused-ring (bicyclic) bond motifs is 1. The molecule has 0 bridgehead atoms. The maximum atomic E-state index is 12.2. The Kier molecular flexibility index (Phi) is 5.21. The van der Waals surface area contributed by atoms with Crippen LogP contribution in [0.2, 0.25) is 0 Å². The lowest BCUT2D eigenvalue weighted by Gasteiger charge is -2.34. The summed E-state index contributed by atoms with van der Waals surface area (Å²) >= 11 is 0. The van der Waals surface area contributed by atoms with Crippen molar-refractivity contribution < 1.29 is 9.53 Å². The number of amides is 1. The molecule has 136 valence electrons. The lowest BCUT2D eigenvalue weighted by Crippen LogP contribution is -2.39. The number of ether oxygens (including phenoxy) is 1. The zero-order valence-corrected chi connectivity index (χ0v) is 15.1. The maximum Gasteiger partial charge on any atom is 0.415 e. The molecule has 0 aliphatic carbocycles. The molecular formula is C22H26N2O2. The third kappa shape index (κ3) is 4.07. The molecule has 4 nitrogen and oxygen atoms in total. The number of carbonyl (C=O) groups is 1. The first-order chi connectivity index (χ1) is 12.8. The summed E-state index contributed by atoms with van der Waals surface area (Å²) in [6.45, 7) is 4.79. The smallest absolute Gasteiger partial charge is 0.410 e. The Hall–Kier alpha value is -2.33. The number of piperidine rings is 1. The molecule has 4 heteroatoms. The number of hydrogen-bond acceptors (Lipinski definition) is 3. The molecule has 2 aliphatic rings. The van der Waals surface area contributed by atoms with Crippen molar-refractivity contribution >= 4 is 6.09 Å². The Morgan fingerprint density at radius 2 is 1.69 bits per heavy atom. The highest BCUT2D eigenvalue weighted by Crippen LogP contribution is 2.27. The quantitative estimate of drug-likeness (QED) is 0.806. The van der Waals surface area contributed by atoms with Crippen molar-refractivity contribution in [1.29, 1.82) is 0 Å². The Morgan fingerprint density at radius 1 is 0.962 bits per heavy atom. The van der Waals surface area contributed by atoms with Crippen molar-refractivity contribution in [3.63, 3.8) is 0 Å². The van der Waals surface area contributed by atoms with E-state index in [1.54, 1.807) is 0 Å². The van der Waals surface area contributed by atoms with Crippen LogP contribution in [-0.2, 0) is 13.1 Å². The van der Waals surface area contributed by atoms with Crippen LogP contribution < -0.4 is 4.74 Å². The van der Waals surface area contributed by atoms with E-state index in [4.69, 9.17) is 4.74 Å². The Balaban J connectivity index is 1.23. The zero-order valence-electron chi connectivity index (χ0n) is 15.1. The average Bonchev–Trinajstić information content (AvgIpc) is 2.68. The largest absolute Gasteiger partial charge is 0.415 e. The topological polar surface area (TPSA) is 32.8 Å². The van der Waals surface area contributed by atoms with E-state index in [-0.39, 0.29) is 6.09 Å². The van der Waals surface area contributed by atoms with Gasteiger partial charge in [-0.05, 0) is 49.9 Å². The molecule has 1 amide bonds. The molecule has 0 spiro atoms. The van der Waals surface area contributed by atoms with E-state index in [0.717, 1.165) is 38.2 Å². The summed E-state index contributed by atoms with van der Waals surface area (Å²) in [6.07, 6.45) is 3.29. The maximum absolute atomic E-state index is 12.2. The molecule has 1 fully saturated rings. The summed E-state index contributed by atoms with van der Waals surface area (Å²) in [6, 6.07) is 18.5. The number of benzene rings is 2. The van der Waals surface area contributed by atoms with Crippen molar-refractivity contribution in [2.24, 2.45) is 5.92 Å². The number of para-hydroxylation sites is 1. The van der Waals surface area contributed by atoms with Gasteiger partial charge in [0.15, 0.2) is 0 Å². The molecule has 1 saturated heterocycles. The van der Waals surface area contributed by atoms with Crippen molar-refractivity contribution in [2.45, 2.75) is 32.4 Å².